The van der Waals surface area contributed by atoms with Gasteiger partial charge in [0, 0.05) is 30.6 Å². The summed E-state index contributed by atoms with van der Waals surface area (Å²) in [7, 11) is 0. The molecule has 5 nitrogen and oxygen atoms in total. The number of carbonyl (C=O) groups is 2. The first kappa shape index (κ1) is 19.9. The molecule has 1 saturated heterocycles. The van der Waals surface area contributed by atoms with Gasteiger partial charge in [0.05, 0.1) is 0 Å². The second-order valence-corrected chi connectivity index (χ2v) is 7.91. The van der Waals surface area contributed by atoms with Gasteiger partial charge in [-0.1, -0.05) is 38.1 Å². The third-order valence-electron chi connectivity index (χ3n) is 5.30. The van der Waals surface area contributed by atoms with Crippen molar-refractivity contribution in [3.63, 3.8) is 0 Å². The molecule has 2 N–H and O–H groups in total. The molecule has 148 valence electrons. The summed E-state index contributed by atoms with van der Waals surface area (Å²) in [4.78, 5) is 26.6. The zero-order valence-electron chi connectivity index (χ0n) is 16.4. The summed E-state index contributed by atoms with van der Waals surface area (Å²) in [5.74, 6) is 0.247. The normalized spacial score (nSPS) is 15.0. The van der Waals surface area contributed by atoms with Crippen molar-refractivity contribution in [2.24, 2.45) is 5.92 Å². The minimum Gasteiger partial charge on any atom is -0.504 e. The van der Waals surface area contributed by atoms with Crippen molar-refractivity contribution in [2.45, 2.75) is 39.0 Å². The Bertz CT molecular complexity index is 849. The summed E-state index contributed by atoms with van der Waals surface area (Å²) in [5.41, 5.74) is 2.34. The maximum atomic E-state index is 12.6. The predicted molar refractivity (Wildman–Crippen MR) is 108 cm³/mol. The van der Waals surface area contributed by atoms with Gasteiger partial charge in [-0.15, -0.1) is 0 Å². The number of likely N-dealkylation sites (tertiary alicyclic amines) is 1. The highest BCUT2D eigenvalue weighted by atomic mass is 16.3. The van der Waals surface area contributed by atoms with Gasteiger partial charge in [-0.3, -0.25) is 9.59 Å². The van der Waals surface area contributed by atoms with Crippen LogP contribution in [0.15, 0.2) is 42.5 Å². The van der Waals surface area contributed by atoms with E-state index in [-0.39, 0.29) is 23.2 Å². The van der Waals surface area contributed by atoms with Crippen molar-refractivity contribution in [2.75, 3.05) is 13.1 Å². The summed E-state index contributed by atoms with van der Waals surface area (Å²) < 4.78 is 0. The molecule has 28 heavy (non-hydrogen) atoms. The van der Waals surface area contributed by atoms with E-state index in [1.165, 1.54) is 23.8 Å². The standard InChI is InChI=1S/C23H27NO4/c1-15(2)13-21(26)18-5-3-16(4-6-18)17-9-11-24(12-10-17)23(28)19-7-8-20(25)22(27)14-19/h3-8,14-15,17,25,27H,9-13H2,1-2H3. The van der Waals surface area contributed by atoms with E-state index in [0.717, 1.165) is 18.4 Å². The Morgan fingerprint density at radius 1 is 0.964 bits per heavy atom. The van der Waals surface area contributed by atoms with Crippen molar-refractivity contribution in [1.82, 2.24) is 4.90 Å². The van der Waals surface area contributed by atoms with Gasteiger partial charge in [0.25, 0.3) is 5.91 Å². The molecule has 0 aromatic heterocycles. The number of ketones is 1. The number of hydrogen-bond acceptors (Lipinski definition) is 4. The average molecular weight is 381 g/mol. The third-order valence-corrected chi connectivity index (χ3v) is 5.30. The molecule has 1 heterocycles. The monoisotopic (exact) mass is 381 g/mol. The fourth-order valence-corrected chi connectivity index (χ4v) is 3.68. The fourth-order valence-electron chi connectivity index (χ4n) is 3.68. The summed E-state index contributed by atoms with van der Waals surface area (Å²) >= 11 is 0. The molecule has 2 aromatic carbocycles. The predicted octanol–water partition coefficient (Wildman–Crippen LogP) is 4.35. The second-order valence-electron chi connectivity index (χ2n) is 7.91. The van der Waals surface area contributed by atoms with Gasteiger partial charge in [0.2, 0.25) is 0 Å². The molecule has 0 atom stereocenters. The smallest absolute Gasteiger partial charge is 0.253 e. The highest BCUT2D eigenvalue weighted by molar-refractivity contribution is 5.96. The van der Waals surface area contributed by atoms with E-state index in [0.29, 0.717) is 36.9 Å². The maximum absolute atomic E-state index is 12.6. The molecule has 1 aliphatic rings. The molecule has 0 bridgehead atoms. The topological polar surface area (TPSA) is 77.8 Å². The van der Waals surface area contributed by atoms with E-state index < -0.39 is 0 Å². The molecule has 1 fully saturated rings. The molecule has 2 aromatic rings. The van der Waals surface area contributed by atoms with Crippen LogP contribution in [0.25, 0.3) is 0 Å². The van der Waals surface area contributed by atoms with E-state index in [4.69, 9.17) is 0 Å². The quantitative estimate of drug-likeness (QED) is 0.596. The van der Waals surface area contributed by atoms with Crippen molar-refractivity contribution in [3.8, 4) is 11.5 Å². The van der Waals surface area contributed by atoms with Crippen LogP contribution in [-0.2, 0) is 0 Å². The highest BCUT2D eigenvalue weighted by Crippen LogP contribution is 2.30. The molecule has 1 aliphatic heterocycles. The number of aromatic hydroxyl groups is 2. The van der Waals surface area contributed by atoms with Crippen LogP contribution in [0.2, 0.25) is 0 Å². The van der Waals surface area contributed by atoms with Crippen LogP contribution >= 0.6 is 0 Å². The van der Waals surface area contributed by atoms with Crippen LogP contribution in [0.3, 0.4) is 0 Å². The Hall–Kier alpha value is -2.82. The minimum atomic E-state index is -0.284. The SMILES string of the molecule is CC(C)CC(=O)c1ccc(C2CCN(C(=O)c3ccc(O)c(O)c3)CC2)cc1. The number of carbonyl (C=O) groups excluding carboxylic acids is 2. The first-order chi connectivity index (χ1) is 13.3. The molecule has 5 heteroatoms. The number of Topliss-reactive ketones (excluding diaryl/α,β-unsaturated/α-hetero) is 1. The first-order valence-corrected chi connectivity index (χ1v) is 9.79. The van der Waals surface area contributed by atoms with E-state index >= 15 is 0 Å². The van der Waals surface area contributed by atoms with Gasteiger partial charge in [0.1, 0.15) is 0 Å². The molecule has 3 rings (SSSR count). The molecule has 0 spiro atoms. The molecular weight excluding hydrogens is 354 g/mol. The number of phenolic OH excluding ortho intramolecular Hbond substituents is 2. The Kier molecular flexibility index (Phi) is 6.02. The maximum Gasteiger partial charge on any atom is 0.253 e. The van der Waals surface area contributed by atoms with Gasteiger partial charge in [-0.25, -0.2) is 0 Å². The summed E-state index contributed by atoms with van der Waals surface area (Å²) in [5, 5.41) is 19.0. The number of piperidine rings is 1. The Morgan fingerprint density at radius 2 is 1.57 bits per heavy atom. The largest absolute Gasteiger partial charge is 0.504 e. The molecular formula is C23H27NO4. The van der Waals surface area contributed by atoms with E-state index in [1.54, 1.807) is 4.90 Å². The lowest BCUT2D eigenvalue weighted by molar-refractivity contribution is 0.0712. The summed E-state index contributed by atoms with van der Waals surface area (Å²) in [6.07, 6.45) is 2.27. The highest BCUT2D eigenvalue weighted by Gasteiger charge is 2.25. The second kappa shape index (κ2) is 8.46. The number of phenols is 2. The van der Waals surface area contributed by atoms with Crippen molar-refractivity contribution in [3.05, 3.63) is 59.2 Å². The van der Waals surface area contributed by atoms with Gasteiger partial charge < -0.3 is 15.1 Å². The number of amides is 1. The minimum absolute atomic E-state index is 0.136. The van der Waals surface area contributed by atoms with Crippen LogP contribution < -0.4 is 0 Å². The molecule has 1 amide bonds. The van der Waals surface area contributed by atoms with E-state index in [2.05, 4.69) is 0 Å². The van der Waals surface area contributed by atoms with Crippen LogP contribution in [-0.4, -0.2) is 39.9 Å². The van der Waals surface area contributed by atoms with Gasteiger partial charge in [-0.05, 0) is 48.4 Å². The van der Waals surface area contributed by atoms with E-state index in [1.807, 2.05) is 38.1 Å². The number of rotatable bonds is 5. The number of hydrogen-bond donors (Lipinski definition) is 2. The first-order valence-electron chi connectivity index (χ1n) is 9.79. The van der Waals surface area contributed by atoms with Crippen molar-refractivity contribution < 1.29 is 19.8 Å². The lowest BCUT2D eigenvalue weighted by Crippen LogP contribution is -2.37. The van der Waals surface area contributed by atoms with Gasteiger partial charge in [-0.2, -0.15) is 0 Å². The van der Waals surface area contributed by atoms with Gasteiger partial charge in [0.15, 0.2) is 17.3 Å². The Balaban J connectivity index is 1.59. The fraction of sp³-hybridized carbons (Fsp3) is 0.391. The van der Waals surface area contributed by atoms with Crippen molar-refractivity contribution in [1.29, 1.82) is 0 Å². The third kappa shape index (κ3) is 4.53. The van der Waals surface area contributed by atoms with E-state index in [9.17, 15) is 19.8 Å². The molecule has 0 aliphatic carbocycles. The molecule has 0 saturated carbocycles. The van der Waals surface area contributed by atoms with Gasteiger partial charge >= 0.3 is 0 Å². The lowest BCUT2D eigenvalue weighted by atomic mass is 9.88. The summed E-state index contributed by atoms with van der Waals surface area (Å²) in [6, 6.07) is 12.1. The van der Waals surface area contributed by atoms with Crippen LogP contribution in [0.5, 0.6) is 11.5 Å². The Morgan fingerprint density at radius 3 is 2.14 bits per heavy atom. The van der Waals surface area contributed by atoms with Crippen LogP contribution in [0.1, 0.15) is 65.3 Å². The summed E-state index contributed by atoms with van der Waals surface area (Å²) in [6.45, 7) is 5.36. The number of nitrogens with zero attached hydrogens (tertiary/aromatic N) is 1. The van der Waals surface area contributed by atoms with Crippen molar-refractivity contribution >= 4 is 11.7 Å². The van der Waals surface area contributed by atoms with Crippen LogP contribution in [0.4, 0.5) is 0 Å². The molecule has 0 radical (unpaired) electrons. The zero-order chi connectivity index (χ0) is 20.3. The zero-order valence-corrected chi connectivity index (χ0v) is 16.4. The average Bonchev–Trinajstić information content (AvgIpc) is 2.69. The van der Waals surface area contributed by atoms with Crippen LogP contribution in [0, 0.1) is 5.92 Å². The lowest BCUT2D eigenvalue weighted by Gasteiger charge is -2.32. The Labute approximate surface area is 165 Å². The molecule has 0 unspecified atom stereocenters. The number of benzene rings is 2.